The first-order chi connectivity index (χ1) is 16.7. The molecule has 3 heteroatoms. The minimum absolute atomic E-state index is 0.0848. The van der Waals surface area contributed by atoms with E-state index in [0.717, 1.165) is 13.1 Å². The fourth-order valence-corrected chi connectivity index (χ4v) is 5.56. The number of fused-ring (bicyclic) bond motifs is 7. The molecule has 0 spiro atoms. The van der Waals surface area contributed by atoms with Gasteiger partial charge in [0.15, 0.2) is 0 Å². The summed E-state index contributed by atoms with van der Waals surface area (Å²) < 4.78 is 5.73. The van der Waals surface area contributed by atoms with Gasteiger partial charge in [-0.05, 0) is 70.5 Å². The molecule has 0 bridgehead atoms. The van der Waals surface area contributed by atoms with Gasteiger partial charge in [-0.2, -0.15) is 0 Å². The first-order valence-corrected chi connectivity index (χ1v) is 12.7. The fraction of sp³-hybridized carbons (Fsp3) is 0.344. The first-order valence-electron chi connectivity index (χ1n) is 12.7. The molecule has 5 rings (SSSR count). The zero-order valence-corrected chi connectivity index (χ0v) is 21.5. The van der Waals surface area contributed by atoms with Crippen LogP contribution in [0.4, 0.5) is 0 Å². The maximum Gasteiger partial charge on any atom is 0.307 e. The van der Waals surface area contributed by atoms with Crippen LogP contribution in [0.25, 0.3) is 32.7 Å². The van der Waals surface area contributed by atoms with Crippen LogP contribution in [0.5, 0.6) is 0 Å². The van der Waals surface area contributed by atoms with E-state index in [1.54, 1.807) is 0 Å². The molecule has 0 aromatic heterocycles. The minimum Gasteiger partial charge on any atom is -0.460 e. The van der Waals surface area contributed by atoms with Crippen molar-refractivity contribution in [3.05, 3.63) is 83.9 Å². The van der Waals surface area contributed by atoms with E-state index in [4.69, 9.17) is 4.74 Å². The first kappa shape index (κ1) is 23.6. The van der Waals surface area contributed by atoms with Gasteiger partial charge in [-0.25, -0.2) is 0 Å². The summed E-state index contributed by atoms with van der Waals surface area (Å²) >= 11 is 0. The quantitative estimate of drug-likeness (QED) is 0.289. The van der Waals surface area contributed by atoms with E-state index in [1.807, 2.05) is 20.8 Å². The van der Waals surface area contributed by atoms with Crippen molar-refractivity contribution in [1.29, 1.82) is 0 Å². The molecule has 0 amide bonds. The van der Waals surface area contributed by atoms with Crippen LogP contribution in [0.3, 0.4) is 0 Å². The normalized spacial score (nSPS) is 15.0. The Hall–Kier alpha value is -3.17. The molecular weight excluding hydrogens is 430 g/mol. The Bertz CT molecular complexity index is 1310. The van der Waals surface area contributed by atoms with Crippen molar-refractivity contribution in [3.8, 4) is 11.1 Å². The lowest BCUT2D eigenvalue weighted by Crippen LogP contribution is -2.40. The third-order valence-electron chi connectivity index (χ3n) is 7.06. The monoisotopic (exact) mass is 465 g/mol. The fourth-order valence-electron chi connectivity index (χ4n) is 5.56. The van der Waals surface area contributed by atoms with Crippen LogP contribution >= 0.6 is 0 Å². The second kappa shape index (κ2) is 9.13. The summed E-state index contributed by atoms with van der Waals surface area (Å²) in [6, 6.07) is 26.5. The molecule has 1 atom stereocenters. The summed E-state index contributed by atoms with van der Waals surface area (Å²) in [5.74, 6) is 0.186. The number of benzene rings is 4. The Balaban J connectivity index is 1.67. The van der Waals surface area contributed by atoms with Crippen molar-refractivity contribution in [1.82, 2.24) is 4.90 Å². The third-order valence-corrected chi connectivity index (χ3v) is 7.06. The van der Waals surface area contributed by atoms with Gasteiger partial charge in [-0.3, -0.25) is 9.69 Å². The van der Waals surface area contributed by atoms with Crippen molar-refractivity contribution in [2.24, 2.45) is 5.92 Å². The van der Waals surface area contributed by atoms with Crippen LogP contribution in [0.1, 0.15) is 52.2 Å². The highest BCUT2D eigenvalue weighted by Crippen LogP contribution is 2.43. The van der Waals surface area contributed by atoms with Gasteiger partial charge >= 0.3 is 5.97 Å². The molecule has 1 heterocycles. The minimum atomic E-state index is -0.478. The molecule has 0 aliphatic carbocycles. The summed E-state index contributed by atoms with van der Waals surface area (Å²) in [4.78, 5) is 15.4. The van der Waals surface area contributed by atoms with Crippen LogP contribution < -0.4 is 0 Å². The molecule has 0 radical (unpaired) electrons. The number of rotatable bonds is 4. The SMILES string of the molecule is CC(C)[C@H](CC(=O)OC(C)(C)C)N1Cc2ccc3ccccc3c2-c2c(ccc3ccccc23)C1. The van der Waals surface area contributed by atoms with E-state index >= 15 is 0 Å². The van der Waals surface area contributed by atoms with E-state index < -0.39 is 5.60 Å². The average molecular weight is 466 g/mol. The van der Waals surface area contributed by atoms with Crippen LogP contribution in [0, 0.1) is 5.92 Å². The molecule has 1 aliphatic rings. The van der Waals surface area contributed by atoms with Crippen molar-refractivity contribution in [2.45, 2.75) is 65.8 Å². The van der Waals surface area contributed by atoms with Gasteiger partial charge in [0, 0.05) is 19.1 Å². The second-order valence-electron chi connectivity index (χ2n) is 11.1. The molecule has 35 heavy (non-hydrogen) atoms. The lowest BCUT2D eigenvalue weighted by atomic mass is 9.88. The molecule has 1 aliphatic heterocycles. The van der Waals surface area contributed by atoms with Gasteiger partial charge in [0.2, 0.25) is 0 Å². The maximum absolute atomic E-state index is 12.9. The van der Waals surface area contributed by atoms with E-state index in [0.29, 0.717) is 12.3 Å². The number of carbonyl (C=O) groups excluding carboxylic acids is 1. The third kappa shape index (κ3) is 4.70. The highest BCUT2D eigenvalue weighted by atomic mass is 16.6. The Morgan fingerprint density at radius 2 is 1.29 bits per heavy atom. The summed E-state index contributed by atoms with van der Waals surface area (Å²) in [7, 11) is 0. The summed E-state index contributed by atoms with van der Waals surface area (Å²) in [6.45, 7) is 11.8. The lowest BCUT2D eigenvalue weighted by molar-refractivity contribution is -0.157. The van der Waals surface area contributed by atoms with E-state index in [2.05, 4.69) is 91.5 Å². The Morgan fingerprint density at radius 1 is 0.800 bits per heavy atom. The van der Waals surface area contributed by atoms with Crippen molar-refractivity contribution >= 4 is 27.5 Å². The summed E-state index contributed by atoms with van der Waals surface area (Å²) in [5, 5.41) is 5.09. The zero-order valence-electron chi connectivity index (χ0n) is 21.5. The molecule has 0 N–H and O–H groups in total. The largest absolute Gasteiger partial charge is 0.460 e. The Morgan fingerprint density at radius 3 is 1.74 bits per heavy atom. The van der Waals surface area contributed by atoms with Crippen LogP contribution in [0.2, 0.25) is 0 Å². The van der Waals surface area contributed by atoms with Crippen molar-refractivity contribution in [3.63, 3.8) is 0 Å². The number of esters is 1. The number of hydrogen-bond donors (Lipinski definition) is 0. The van der Waals surface area contributed by atoms with Gasteiger partial charge in [0.05, 0.1) is 6.42 Å². The molecule has 0 saturated carbocycles. The van der Waals surface area contributed by atoms with Crippen molar-refractivity contribution < 1.29 is 9.53 Å². The molecular formula is C32H35NO2. The molecule has 4 aromatic carbocycles. The van der Waals surface area contributed by atoms with Crippen molar-refractivity contribution in [2.75, 3.05) is 0 Å². The molecule has 3 nitrogen and oxygen atoms in total. The summed E-state index contributed by atoms with van der Waals surface area (Å²) in [6.07, 6.45) is 0.390. The lowest BCUT2D eigenvalue weighted by Gasteiger charge is -2.34. The van der Waals surface area contributed by atoms with Crippen LogP contribution in [-0.2, 0) is 22.6 Å². The van der Waals surface area contributed by atoms with E-state index in [-0.39, 0.29) is 12.0 Å². The Labute approximate surface area is 208 Å². The molecule has 0 saturated heterocycles. The predicted octanol–water partition coefficient (Wildman–Crippen LogP) is 7.73. The summed E-state index contributed by atoms with van der Waals surface area (Å²) in [5.41, 5.74) is 4.81. The highest BCUT2D eigenvalue weighted by molar-refractivity contribution is 6.08. The predicted molar refractivity (Wildman–Crippen MR) is 145 cm³/mol. The topological polar surface area (TPSA) is 29.5 Å². The number of carbonyl (C=O) groups is 1. The highest BCUT2D eigenvalue weighted by Gasteiger charge is 2.31. The molecule has 180 valence electrons. The smallest absolute Gasteiger partial charge is 0.307 e. The van der Waals surface area contributed by atoms with Gasteiger partial charge < -0.3 is 4.74 Å². The standard InChI is InChI=1S/C32H35NO2/c1-21(2)28(18-29(34)35-32(3,4)5)33-19-24-16-14-22-10-6-8-12-26(22)30(24)31-25(20-33)17-15-23-11-7-9-13-27(23)31/h6-17,21,28H,18-20H2,1-5H3/t28-/m0/s1. The van der Waals surface area contributed by atoms with Gasteiger partial charge in [-0.1, -0.05) is 86.6 Å². The maximum atomic E-state index is 12.9. The van der Waals surface area contributed by atoms with E-state index in [1.165, 1.54) is 43.8 Å². The van der Waals surface area contributed by atoms with Gasteiger partial charge in [0.25, 0.3) is 0 Å². The van der Waals surface area contributed by atoms with Crippen LogP contribution in [-0.4, -0.2) is 22.5 Å². The molecule has 0 fully saturated rings. The van der Waals surface area contributed by atoms with Gasteiger partial charge in [0.1, 0.15) is 5.60 Å². The number of hydrogen-bond acceptors (Lipinski definition) is 3. The van der Waals surface area contributed by atoms with E-state index in [9.17, 15) is 4.79 Å². The Kier molecular flexibility index (Phi) is 6.14. The molecule has 0 unspecified atom stereocenters. The zero-order chi connectivity index (χ0) is 24.7. The second-order valence-corrected chi connectivity index (χ2v) is 11.1. The average Bonchev–Trinajstić information content (AvgIpc) is 2.98. The van der Waals surface area contributed by atoms with Crippen LogP contribution in [0.15, 0.2) is 72.8 Å². The van der Waals surface area contributed by atoms with Gasteiger partial charge in [-0.15, -0.1) is 0 Å². The number of nitrogens with zero attached hydrogens (tertiary/aromatic N) is 1. The molecule has 4 aromatic rings. The number of ether oxygens (including phenoxy) is 1.